The van der Waals surface area contributed by atoms with Gasteiger partial charge in [0.25, 0.3) is 0 Å². The van der Waals surface area contributed by atoms with E-state index in [-0.39, 0.29) is 5.75 Å². The molecule has 106 valence electrons. The van der Waals surface area contributed by atoms with Crippen LogP contribution >= 0.6 is 27.5 Å². The Kier molecular flexibility index (Phi) is 4.89. The maximum atomic E-state index is 9.79. The van der Waals surface area contributed by atoms with Crippen LogP contribution < -0.4 is 4.74 Å². The first-order valence-corrected chi connectivity index (χ1v) is 7.16. The van der Waals surface area contributed by atoms with E-state index in [4.69, 9.17) is 16.3 Å². The van der Waals surface area contributed by atoms with Gasteiger partial charge in [-0.25, -0.2) is 0 Å². The van der Waals surface area contributed by atoms with Gasteiger partial charge in [0.2, 0.25) is 0 Å². The van der Waals surface area contributed by atoms with Crippen molar-refractivity contribution in [2.45, 2.75) is 0 Å². The Balaban J connectivity index is 2.51. The average Bonchev–Trinajstić information content (AvgIpc) is 2.48. The molecule has 21 heavy (non-hydrogen) atoms. The molecule has 0 aliphatic carbocycles. The first kappa shape index (κ1) is 15.4. The van der Waals surface area contributed by atoms with Crippen LogP contribution in [0.15, 0.2) is 40.9 Å². The zero-order valence-electron chi connectivity index (χ0n) is 11.1. The van der Waals surface area contributed by atoms with Crippen LogP contribution in [-0.2, 0) is 0 Å². The van der Waals surface area contributed by atoms with Gasteiger partial charge in [-0.2, -0.15) is 5.26 Å². The molecule has 2 aromatic rings. The van der Waals surface area contributed by atoms with E-state index in [1.54, 1.807) is 36.4 Å². The lowest BCUT2D eigenvalue weighted by atomic mass is 10.0. The molecule has 0 radical (unpaired) electrons. The summed E-state index contributed by atoms with van der Waals surface area (Å²) in [7, 11) is 1.47. The van der Waals surface area contributed by atoms with E-state index in [0.29, 0.717) is 20.8 Å². The van der Waals surface area contributed by atoms with Crippen molar-refractivity contribution in [3.63, 3.8) is 0 Å². The fourth-order valence-electron chi connectivity index (χ4n) is 1.84. The summed E-state index contributed by atoms with van der Waals surface area (Å²) in [5, 5.41) is 19.7. The summed E-state index contributed by atoms with van der Waals surface area (Å²) in [5.74, 6) is 0.356. The second-order valence-corrected chi connectivity index (χ2v) is 5.52. The fourth-order valence-corrected chi connectivity index (χ4v) is 2.49. The smallest absolute Gasteiger partial charge is 0.172 e. The molecule has 0 bridgehead atoms. The summed E-state index contributed by atoms with van der Waals surface area (Å²) in [4.78, 5) is 0. The molecule has 3 nitrogen and oxygen atoms in total. The van der Waals surface area contributed by atoms with E-state index >= 15 is 0 Å². The first-order chi connectivity index (χ1) is 10.0. The summed E-state index contributed by atoms with van der Waals surface area (Å²) in [6, 6.07) is 12.6. The third-order valence-corrected chi connectivity index (χ3v) is 3.68. The van der Waals surface area contributed by atoms with Crippen molar-refractivity contribution in [1.29, 1.82) is 5.26 Å². The van der Waals surface area contributed by atoms with Gasteiger partial charge < -0.3 is 9.84 Å². The number of nitrogens with zero attached hydrogens (tertiary/aromatic N) is 1. The minimum Gasteiger partial charge on any atom is -0.503 e. The van der Waals surface area contributed by atoms with Crippen molar-refractivity contribution in [2.75, 3.05) is 7.11 Å². The van der Waals surface area contributed by atoms with Gasteiger partial charge in [0.15, 0.2) is 11.5 Å². The number of hydrogen-bond donors (Lipinski definition) is 1. The standard InChI is InChI=1S/C16H11BrClNO2/c1-21-15-7-10(6-14(17)16(15)20)5-12(9-19)11-3-2-4-13(18)8-11/h2-8,20H,1H3/b12-5-. The van der Waals surface area contributed by atoms with E-state index < -0.39 is 0 Å². The number of ether oxygens (including phenoxy) is 1. The minimum absolute atomic E-state index is 0.0240. The van der Waals surface area contributed by atoms with Crippen molar-refractivity contribution in [3.8, 4) is 17.6 Å². The molecule has 0 fully saturated rings. The Labute approximate surface area is 136 Å². The summed E-state index contributed by atoms with van der Waals surface area (Å²) in [6.45, 7) is 0. The lowest BCUT2D eigenvalue weighted by Crippen LogP contribution is -1.87. The zero-order valence-corrected chi connectivity index (χ0v) is 13.4. The molecule has 0 aliphatic rings. The number of aromatic hydroxyl groups is 1. The topological polar surface area (TPSA) is 53.2 Å². The van der Waals surface area contributed by atoms with E-state index in [2.05, 4.69) is 22.0 Å². The van der Waals surface area contributed by atoms with Crippen LogP contribution in [-0.4, -0.2) is 12.2 Å². The van der Waals surface area contributed by atoms with Crippen molar-refractivity contribution in [2.24, 2.45) is 0 Å². The van der Waals surface area contributed by atoms with Gasteiger partial charge in [-0.15, -0.1) is 0 Å². The number of phenols is 1. The lowest BCUT2D eigenvalue weighted by Gasteiger charge is -2.07. The number of hydrogen-bond acceptors (Lipinski definition) is 3. The molecular formula is C16H11BrClNO2. The number of nitriles is 1. The number of phenolic OH excluding ortho intramolecular Hbond substituents is 1. The lowest BCUT2D eigenvalue weighted by molar-refractivity contribution is 0.372. The number of benzene rings is 2. The number of halogens is 2. The van der Waals surface area contributed by atoms with Gasteiger partial charge in [-0.05, 0) is 57.4 Å². The Bertz CT molecular complexity index is 750. The molecule has 0 unspecified atom stereocenters. The molecular weight excluding hydrogens is 354 g/mol. The van der Waals surface area contributed by atoms with Gasteiger partial charge in [0.1, 0.15) is 0 Å². The Morgan fingerprint density at radius 2 is 2.14 bits per heavy atom. The number of rotatable bonds is 3. The van der Waals surface area contributed by atoms with Crippen LogP contribution in [0.1, 0.15) is 11.1 Å². The highest BCUT2D eigenvalue weighted by molar-refractivity contribution is 9.10. The van der Waals surface area contributed by atoms with Gasteiger partial charge in [0, 0.05) is 5.02 Å². The largest absolute Gasteiger partial charge is 0.503 e. The van der Waals surface area contributed by atoms with Crippen LogP contribution in [0.2, 0.25) is 5.02 Å². The monoisotopic (exact) mass is 363 g/mol. The Hall–Kier alpha value is -1.96. The normalized spacial score (nSPS) is 11.0. The van der Waals surface area contributed by atoms with E-state index in [1.165, 1.54) is 7.11 Å². The number of methoxy groups -OCH3 is 1. The summed E-state index contributed by atoms with van der Waals surface area (Å²) < 4.78 is 5.59. The van der Waals surface area contributed by atoms with Crippen LogP contribution in [0.4, 0.5) is 0 Å². The quantitative estimate of drug-likeness (QED) is 0.624. The van der Waals surface area contributed by atoms with Crippen molar-refractivity contribution in [1.82, 2.24) is 0 Å². The van der Waals surface area contributed by atoms with Crippen molar-refractivity contribution >= 4 is 39.2 Å². The maximum absolute atomic E-state index is 9.79. The second kappa shape index (κ2) is 6.66. The Morgan fingerprint density at radius 3 is 2.76 bits per heavy atom. The van der Waals surface area contributed by atoms with Crippen molar-refractivity contribution in [3.05, 3.63) is 57.0 Å². The summed E-state index contributed by atoms with van der Waals surface area (Å²) in [6.07, 6.45) is 1.71. The maximum Gasteiger partial charge on any atom is 0.172 e. The molecule has 0 saturated carbocycles. The predicted molar refractivity (Wildman–Crippen MR) is 87.3 cm³/mol. The molecule has 2 rings (SSSR count). The SMILES string of the molecule is COc1cc(/C=C(/C#N)c2cccc(Cl)c2)cc(Br)c1O. The highest BCUT2D eigenvalue weighted by Crippen LogP contribution is 2.36. The molecule has 0 atom stereocenters. The Morgan fingerprint density at radius 1 is 1.38 bits per heavy atom. The van der Waals surface area contributed by atoms with Crippen LogP contribution in [0, 0.1) is 11.3 Å². The molecule has 2 aromatic carbocycles. The number of allylic oxidation sites excluding steroid dienone is 1. The third-order valence-electron chi connectivity index (χ3n) is 2.84. The van der Waals surface area contributed by atoms with Gasteiger partial charge in [0.05, 0.1) is 23.2 Å². The van der Waals surface area contributed by atoms with Crippen LogP contribution in [0.3, 0.4) is 0 Å². The predicted octanol–water partition coefficient (Wildman–Crippen LogP) is 4.88. The van der Waals surface area contributed by atoms with Crippen LogP contribution in [0.5, 0.6) is 11.5 Å². The molecule has 0 heterocycles. The van der Waals surface area contributed by atoms with Gasteiger partial charge >= 0.3 is 0 Å². The van der Waals surface area contributed by atoms with E-state index in [9.17, 15) is 10.4 Å². The molecule has 1 N–H and O–H groups in total. The second-order valence-electron chi connectivity index (χ2n) is 4.23. The first-order valence-electron chi connectivity index (χ1n) is 5.99. The van der Waals surface area contributed by atoms with Crippen molar-refractivity contribution < 1.29 is 9.84 Å². The molecule has 0 amide bonds. The van der Waals surface area contributed by atoms with Gasteiger partial charge in [-0.3, -0.25) is 0 Å². The summed E-state index contributed by atoms with van der Waals surface area (Å²) >= 11 is 9.20. The van der Waals surface area contributed by atoms with Gasteiger partial charge in [-0.1, -0.05) is 23.7 Å². The van der Waals surface area contributed by atoms with E-state index in [0.717, 1.165) is 11.1 Å². The molecule has 0 saturated heterocycles. The van der Waals surface area contributed by atoms with Crippen LogP contribution in [0.25, 0.3) is 11.6 Å². The fraction of sp³-hybridized carbons (Fsp3) is 0.0625. The zero-order chi connectivity index (χ0) is 15.4. The molecule has 5 heteroatoms. The highest BCUT2D eigenvalue weighted by Gasteiger charge is 2.09. The average molecular weight is 365 g/mol. The molecule has 0 aliphatic heterocycles. The molecule has 0 spiro atoms. The third kappa shape index (κ3) is 3.57. The molecule has 0 aromatic heterocycles. The highest BCUT2D eigenvalue weighted by atomic mass is 79.9. The minimum atomic E-state index is 0.0240. The summed E-state index contributed by atoms with van der Waals surface area (Å²) in [5.41, 5.74) is 1.93. The van der Waals surface area contributed by atoms with E-state index in [1.807, 2.05) is 6.07 Å².